The van der Waals surface area contributed by atoms with Crippen LogP contribution in [0.3, 0.4) is 0 Å². The molecule has 0 fully saturated rings. The Balaban J connectivity index is 2.25. The van der Waals surface area contributed by atoms with Crippen LogP contribution in [0.5, 0.6) is 0 Å². The molecule has 0 aliphatic rings. The van der Waals surface area contributed by atoms with E-state index >= 15 is 0 Å². The molecule has 4 heteroatoms. The van der Waals surface area contributed by atoms with Crippen molar-refractivity contribution in [1.29, 1.82) is 0 Å². The maximum absolute atomic E-state index is 13.4. The monoisotopic (exact) mass is 249 g/mol. The Morgan fingerprint density at radius 3 is 2.56 bits per heavy atom. The standard InChI is InChI=1S/C14H13F2NO/c15-10-5-6-13(17)11(8-10)14(18)7-9-3-1-2-4-12(9)16/h1-6,8,14,18H,7,17H2. The SMILES string of the molecule is Nc1ccc(F)cc1C(O)Cc1ccccc1F. The van der Waals surface area contributed by atoms with Crippen molar-refractivity contribution in [2.24, 2.45) is 0 Å². The fourth-order valence-electron chi connectivity index (χ4n) is 1.82. The Hall–Kier alpha value is -1.94. The number of anilines is 1. The van der Waals surface area contributed by atoms with Crippen LogP contribution >= 0.6 is 0 Å². The highest BCUT2D eigenvalue weighted by Gasteiger charge is 2.14. The van der Waals surface area contributed by atoms with Gasteiger partial charge in [0, 0.05) is 17.7 Å². The molecule has 0 bridgehead atoms. The first-order valence-corrected chi connectivity index (χ1v) is 5.54. The molecule has 0 amide bonds. The molecule has 18 heavy (non-hydrogen) atoms. The predicted octanol–water partition coefficient (Wildman–Crippen LogP) is 2.82. The van der Waals surface area contributed by atoms with Gasteiger partial charge in [-0.25, -0.2) is 8.78 Å². The molecular formula is C14H13F2NO. The van der Waals surface area contributed by atoms with Gasteiger partial charge in [-0.1, -0.05) is 18.2 Å². The van der Waals surface area contributed by atoms with Gasteiger partial charge in [0.2, 0.25) is 0 Å². The quantitative estimate of drug-likeness (QED) is 0.822. The average molecular weight is 249 g/mol. The highest BCUT2D eigenvalue weighted by Crippen LogP contribution is 2.25. The zero-order valence-corrected chi connectivity index (χ0v) is 9.61. The molecule has 1 atom stereocenters. The first-order valence-electron chi connectivity index (χ1n) is 5.54. The third-order valence-corrected chi connectivity index (χ3v) is 2.78. The van der Waals surface area contributed by atoms with E-state index in [9.17, 15) is 13.9 Å². The maximum atomic E-state index is 13.4. The van der Waals surface area contributed by atoms with Crippen molar-refractivity contribution in [3.05, 3.63) is 65.2 Å². The van der Waals surface area contributed by atoms with Crippen molar-refractivity contribution in [2.45, 2.75) is 12.5 Å². The number of rotatable bonds is 3. The fraction of sp³-hybridized carbons (Fsp3) is 0.143. The van der Waals surface area contributed by atoms with Gasteiger partial charge in [0.05, 0.1) is 6.10 Å². The molecule has 2 aromatic carbocycles. The summed E-state index contributed by atoms with van der Waals surface area (Å²) >= 11 is 0. The summed E-state index contributed by atoms with van der Waals surface area (Å²) in [5, 5.41) is 9.99. The van der Waals surface area contributed by atoms with E-state index in [1.807, 2.05) is 0 Å². The average Bonchev–Trinajstić information content (AvgIpc) is 2.35. The molecule has 0 radical (unpaired) electrons. The third-order valence-electron chi connectivity index (χ3n) is 2.78. The number of hydrogen-bond acceptors (Lipinski definition) is 2. The van der Waals surface area contributed by atoms with Gasteiger partial charge in [-0.05, 0) is 29.8 Å². The van der Waals surface area contributed by atoms with Crippen molar-refractivity contribution < 1.29 is 13.9 Å². The Labute approximate surface area is 104 Å². The number of benzene rings is 2. The number of hydrogen-bond donors (Lipinski definition) is 2. The van der Waals surface area contributed by atoms with Crippen LogP contribution in [0.4, 0.5) is 14.5 Å². The number of aliphatic hydroxyl groups excluding tert-OH is 1. The van der Waals surface area contributed by atoms with Gasteiger partial charge in [-0.2, -0.15) is 0 Å². The normalized spacial score (nSPS) is 12.4. The second kappa shape index (κ2) is 5.14. The lowest BCUT2D eigenvalue weighted by Gasteiger charge is -2.14. The fourth-order valence-corrected chi connectivity index (χ4v) is 1.82. The van der Waals surface area contributed by atoms with Gasteiger partial charge in [0.15, 0.2) is 0 Å². The highest BCUT2D eigenvalue weighted by molar-refractivity contribution is 5.48. The van der Waals surface area contributed by atoms with E-state index in [1.165, 1.54) is 24.3 Å². The number of aliphatic hydroxyl groups is 1. The molecule has 2 aromatic rings. The maximum Gasteiger partial charge on any atom is 0.126 e. The van der Waals surface area contributed by atoms with E-state index in [0.29, 0.717) is 11.3 Å². The van der Waals surface area contributed by atoms with Crippen LogP contribution in [0, 0.1) is 11.6 Å². The Kier molecular flexibility index (Phi) is 3.58. The summed E-state index contributed by atoms with van der Waals surface area (Å²) in [6.45, 7) is 0. The van der Waals surface area contributed by atoms with E-state index in [0.717, 1.165) is 0 Å². The number of nitrogens with two attached hydrogens (primary N) is 1. The van der Waals surface area contributed by atoms with Crippen LogP contribution in [0.1, 0.15) is 17.2 Å². The second-order valence-electron chi connectivity index (χ2n) is 4.08. The molecule has 2 rings (SSSR count). The first-order chi connectivity index (χ1) is 8.58. The van der Waals surface area contributed by atoms with Crippen molar-refractivity contribution >= 4 is 5.69 Å². The summed E-state index contributed by atoms with van der Waals surface area (Å²) in [5.74, 6) is -0.877. The predicted molar refractivity (Wildman–Crippen MR) is 65.9 cm³/mol. The minimum atomic E-state index is -1.03. The molecule has 94 valence electrons. The van der Waals surface area contributed by atoms with E-state index in [2.05, 4.69) is 0 Å². The molecule has 0 aliphatic heterocycles. The van der Waals surface area contributed by atoms with Gasteiger partial charge in [0.25, 0.3) is 0 Å². The van der Waals surface area contributed by atoms with E-state index in [4.69, 9.17) is 5.73 Å². The molecule has 0 spiro atoms. The topological polar surface area (TPSA) is 46.2 Å². The van der Waals surface area contributed by atoms with Crippen molar-refractivity contribution in [2.75, 3.05) is 5.73 Å². The van der Waals surface area contributed by atoms with Crippen LogP contribution < -0.4 is 5.73 Å². The molecule has 0 heterocycles. The minimum Gasteiger partial charge on any atom is -0.398 e. The molecule has 0 saturated heterocycles. The Morgan fingerprint density at radius 2 is 1.83 bits per heavy atom. The summed E-state index contributed by atoms with van der Waals surface area (Å²) in [6, 6.07) is 9.91. The summed E-state index contributed by atoms with van der Waals surface area (Å²) in [6.07, 6.45) is -0.974. The zero-order valence-electron chi connectivity index (χ0n) is 9.61. The number of nitrogen functional groups attached to an aromatic ring is 1. The Morgan fingerprint density at radius 1 is 1.11 bits per heavy atom. The van der Waals surface area contributed by atoms with Crippen LogP contribution in [0.2, 0.25) is 0 Å². The van der Waals surface area contributed by atoms with Crippen LogP contribution in [0.25, 0.3) is 0 Å². The number of halogens is 2. The lowest BCUT2D eigenvalue weighted by atomic mass is 9.99. The lowest BCUT2D eigenvalue weighted by Crippen LogP contribution is -2.07. The molecule has 2 nitrogen and oxygen atoms in total. The molecule has 0 saturated carbocycles. The van der Waals surface area contributed by atoms with Gasteiger partial charge in [-0.15, -0.1) is 0 Å². The van der Waals surface area contributed by atoms with Crippen LogP contribution in [0.15, 0.2) is 42.5 Å². The summed E-state index contributed by atoms with van der Waals surface area (Å²) < 4.78 is 26.5. The molecular weight excluding hydrogens is 236 g/mol. The molecule has 0 aliphatic carbocycles. The van der Waals surface area contributed by atoms with Gasteiger partial charge < -0.3 is 10.8 Å². The smallest absolute Gasteiger partial charge is 0.126 e. The largest absolute Gasteiger partial charge is 0.398 e. The molecule has 1 unspecified atom stereocenters. The van der Waals surface area contributed by atoms with E-state index < -0.39 is 17.7 Å². The highest BCUT2D eigenvalue weighted by atomic mass is 19.1. The minimum absolute atomic E-state index is 0.0559. The van der Waals surface area contributed by atoms with E-state index in [1.54, 1.807) is 18.2 Å². The molecule has 3 N–H and O–H groups in total. The van der Waals surface area contributed by atoms with Crippen molar-refractivity contribution in [1.82, 2.24) is 0 Å². The van der Waals surface area contributed by atoms with Crippen LogP contribution in [-0.4, -0.2) is 5.11 Å². The first kappa shape index (κ1) is 12.5. The van der Waals surface area contributed by atoms with Gasteiger partial charge in [0.1, 0.15) is 11.6 Å². The zero-order chi connectivity index (χ0) is 13.1. The third kappa shape index (κ3) is 2.65. The van der Waals surface area contributed by atoms with E-state index in [-0.39, 0.29) is 12.0 Å². The van der Waals surface area contributed by atoms with Gasteiger partial charge in [-0.3, -0.25) is 0 Å². The Bertz CT molecular complexity index is 557. The second-order valence-corrected chi connectivity index (χ2v) is 4.08. The summed E-state index contributed by atoms with van der Waals surface area (Å²) in [4.78, 5) is 0. The van der Waals surface area contributed by atoms with Crippen LogP contribution in [-0.2, 0) is 6.42 Å². The van der Waals surface area contributed by atoms with Crippen molar-refractivity contribution in [3.63, 3.8) is 0 Å². The summed E-state index contributed by atoms with van der Waals surface area (Å²) in [5.41, 5.74) is 6.60. The lowest BCUT2D eigenvalue weighted by molar-refractivity contribution is 0.177. The molecule has 0 aromatic heterocycles. The van der Waals surface area contributed by atoms with Crippen molar-refractivity contribution in [3.8, 4) is 0 Å². The van der Waals surface area contributed by atoms with Gasteiger partial charge >= 0.3 is 0 Å². The summed E-state index contributed by atoms with van der Waals surface area (Å²) in [7, 11) is 0.